The van der Waals surface area contributed by atoms with Gasteiger partial charge in [-0.2, -0.15) is 12.6 Å². The fourth-order valence-electron chi connectivity index (χ4n) is 2.84. The van der Waals surface area contributed by atoms with Gasteiger partial charge in [-0.05, 0) is 89.6 Å². The number of thiol groups is 1. The van der Waals surface area contributed by atoms with E-state index in [2.05, 4.69) is 55.7 Å². The van der Waals surface area contributed by atoms with Crippen molar-refractivity contribution in [2.45, 2.75) is 84.5 Å². The van der Waals surface area contributed by atoms with Crippen LogP contribution in [0.5, 0.6) is 0 Å². The summed E-state index contributed by atoms with van der Waals surface area (Å²) in [5, 5.41) is 0. The van der Waals surface area contributed by atoms with E-state index in [0.29, 0.717) is 13.0 Å². The maximum atomic E-state index is 11.7. The van der Waals surface area contributed by atoms with Gasteiger partial charge in [-0.25, -0.2) is 0 Å². The molecule has 0 fully saturated rings. The number of ether oxygens (including phenoxy) is 1. The van der Waals surface area contributed by atoms with E-state index in [1.807, 2.05) is 0 Å². The molecule has 0 bridgehead atoms. The molecule has 4 heteroatoms. The van der Waals surface area contributed by atoms with Crippen molar-refractivity contribution >= 4 is 18.6 Å². The van der Waals surface area contributed by atoms with Gasteiger partial charge in [0.1, 0.15) is 0 Å². The highest BCUT2D eigenvalue weighted by molar-refractivity contribution is 7.80. The van der Waals surface area contributed by atoms with Gasteiger partial charge < -0.3 is 9.64 Å². The molecule has 3 nitrogen and oxygen atoms in total. The van der Waals surface area contributed by atoms with Gasteiger partial charge in [0.2, 0.25) is 0 Å². The summed E-state index contributed by atoms with van der Waals surface area (Å²) in [6.07, 6.45) is 20.7. The molecule has 0 saturated carbocycles. The van der Waals surface area contributed by atoms with Gasteiger partial charge in [-0.15, -0.1) is 0 Å². The van der Waals surface area contributed by atoms with Gasteiger partial charge in [0.25, 0.3) is 0 Å². The first-order valence-corrected chi connectivity index (χ1v) is 11.7. The van der Waals surface area contributed by atoms with Crippen LogP contribution >= 0.6 is 12.6 Å². The van der Waals surface area contributed by atoms with E-state index < -0.39 is 0 Å². The lowest BCUT2D eigenvalue weighted by Gasteiger charge is -2.17. The van der Waals surface area contributed by atoms with Crippen molar-refractivity contribution in [2.24, 2.45) is 0 Å². The summed E-state index contributed by atoms with van der Waals surface area (Å²) in [6.45, 7) is 8.23. The molecule has 0 spiro atoms. The zero-order chi connectivity index (χ0) is 20.0. The minimum atomic E-state index is -0.0345. The average molecular weight is 398 g/mol. The van der Waals surface area contributed by atoms with Crippen molar-refractivity contribution in [1.29, 1.82) is 0 Å². The van der Waals surface area contributed by atoms with Crippen LogP contribution in [0.2, 0.25) is 0 Å². The summed E-state index contributed by atoms with van der Waals surface area (Å²) < 4.78 is 5.31. The monoisotopic (exact) mass is 397 g/mol. The molecule has 0 saturated heterocycles. The molecule has 0 aromatic rings. The fourth-order valence-corrected chi connectivity index (χ4v) is 2.99. The van der Waals surface area contributed by atoms with Crippen molar-refractivity contribution in [2.75, 3.05) is 32.0 Å². The number of hydrogen-bond acceptors (Lipinski definition) is 4. The molecule has 0 atom stereocenters. The largest absolute Gasteiger partial charge is 0.466 e. The number of nitrogens with zero attached hydrogens (tertiary/aromatic N) is 1. The highest BCUT2D eigenvalue weighted by atomic mass is 32.1. The van der Waals surface area contributed by atoms with Crippen LogP contribution in [0.1, 0.15) is 84.5 Å². The summed E-state index contributed by atoms with van der Waals surface area (Å²) in [6, 6.07) is 0. The van der Waals surface area contributed by atoms with Crippen molar-refractivity contribution in [3.05, 3.63) is 24.3 Å². The Morgan fingerprint density at radius 2 is 1.37 bits per heavy atom. The number of allylic oxidation sites excluding steroid dienone is 4. The van der Waals surface area contributed by atoms with E-state index in [-0.39, 0.29) is 5.97 Å². The van der Waals surface area contributed by atoms with E-state index in [0.717, 1.165) is 70.3 Å². The molecule has 0 aliphatic rings. The maximum Gasteiger partial charge on any atom is 0.305 e. The van der Waals surface area contributed by atoms with Crippen LogP contribution in [0.4, 0.5) is 0 Å². The zero-order valence-corrected chi connectivity index (χ0v) is 18.7. The van der Waals surface area contributed by atoms with Crippen molar-refractivity contribution in [3.8, 4) is 0 Å². The first-order valence-electron chi connectivity index (χ1n) is 11.0. The number of hydrogen-bond donors (Lipinski definition) is 1. The van der Waals surface area contributed by atoms with Crippen molar-refractivity contribution < 1.29 is 9.53 Å². The average Bonchev–Trinajstić information content (AvgIpc) is 2.68. The minimum absolute atomic E-state index is 0.0345. The third-order valence-corrected chi connectivity index (χ3v) is 4.91. The van der Waals surface area contributed by atoms with Crippen LogP contribution in [-0.2, 0) is 9.53 Å². The molecule has 0 amide bonds. The van der Waals surface area contributed by atoms with Crippen molar-refractivity contribution in [3.63, 3.8) is 0 Å². The van der Waals surface area contributed by atoms with Crippen LogP contribution in [0.3, 0.4) is 0 Å². The molecular weight excluding hydrogens is 354 g/mol. The molecule has 158 valence electrons. The van der Waals surface area contributed by atoms with E-state index in [4.69, 9.17) is 4.74 Å². The summed E-state index contributed by atoms with van der Waals surface area (Å²) >= 11 is 4.19. The first kappa shape index (κ1) is 26.3. The Labute approximate surface area is 174 Å². The predicted molar refractivity (Wildman–Crippen MR) is 122 cm³/mol. The van der Waals surface area contributed by atoms with Crippen LogP contribution < -0.4 is 0 Å². The minimum Gasteiger partial charge on any atom is -0.466 e. The summed E-state index contributed by atoms with van der Waals surface area (Å²) in [5.41, 5.74) is 0. The standard InChI is InChI=1S/C23H43NO2S/c1-3-24(4-2)20-16-17-21-26-23(25)19-15-13-11-9-7-5-6-8-10-12-14-18-22-27/h7,9,12,14,27H,3-6,8,10-11,13,15-22H2,1-2H3/b9-7-,14-12-. The molecule has 0 radical (unpaired) electrons. The maximum absolute atomic E-state index is 11.7. The quantitative estimate of drug-likeness (QED) is 0.122. The Balaban J connectivity index is 3.35. The Hall–Kier alpha value is -0.740. The number of rotatable bonds is 19. The van der Waals surface area contributed by atoms with Gasteiger partial charge in [-0.1, -0.05) is 38.2 Å². The lowest BCUT2D eigenvalue weighted by molar-refractivity contribution is -0.143. The second-order valence-corrected chi connectivity index (χ2v) is 7.39. The molecule has 0 aromatic heterocycles. The Morgan fingerprint density at radius 1 is 0.815 bits per heavy atom. The second-order valence-electron chi connectivity index (χ2n) is 6.94. The molecule has 0 heterocycles. The molecule has 0 N–H and O–H groups in total. The molecule has 0 aromatic carbocycles. The first-order chi connectivity index (χ1) is 13.2. The molecule has 0 aliphatic carbocycles. The molecule has 0 rings (SSSR count). The van der Waals surface area contributed by atoms with Crippen LogP contribution in [-0.4, -0.2) is 42.9 Å². The third kappa shape index (κ3) is 19.8. The van der Waals surface area contributed by atoms with Crippen molar-refractivity contribution in [1.82, 2.24) is 4.90 Å². The lowest BCUT2D eigenvalue weighted by Crippen LogP contribution is -2.24. The Morgan fingerprint density at radius 3 is 1.93 bits per heavy atom. The van der Waals surface area contributed by atoms with Gasteiger partial charge in [0.15, 0.2) is 0 Å². The highest BCUT2D eigenvalue weighted by Gasteiger charge is 2.03. The predicted octanol–water partition coefficient (Wildman–Crippen LogP) is 6.20. The van der Waals surface area contributed by atoms with E-state index in [1.165, 1.54) is 19.3 Å². The lowest BCUT2D eigenvalue weighted by atomic mass is 10.1. The van der Waals surface area contributed by atoms with Crippen LogP contribution in [0, 0.1) is 0 Å². The van der Waals surface area contributed by atoms with Gasteiger partial charge in [0, 0.05) is 6.42 Å². The summed E-state index contributed by atoms with van der Waals surface area (Å²) in [7, 11) is 0. The van der Waals surface area contributed by atoms with Gasteiger partial charge >= 0.3 is 5.97 Å². The van der Waals surface area contributed by atoms with Gasteiger partial charge in [-0.3, -0.25) is 4.79 Å². The highest BCUT2D eigenvalue weighted by Crippen LogP contribution is 2.06. The zero-order valence-electron chi connectivity index (χ0n) is 17.8. The normalized spacial score (nSPS) is 11.9. The number of unbranched alkanes of at least 4 members (excludes halogenated alkanes) is 6. The topological polar surface area (TPSA) is 29.5 Å². The number of esters is 1. The number of carbonyl (C=O) groups is 1. The SMILES string of the molecule is CCN(CC)CCCCOC(=O)CCCC/C=C\CCCC/C=C\CCS. The summed E-state index contributed by atoms with van der Waals surface area (Å²) in [4.78, 5) is 14.1. The molecule has 0 unspecified atom stereocenters. The van der Waals surface area contributed by atoms with Gasteiger partial charge in [0.05, 0.1) is 6.61 Å². The molecule has 27 heavy (non-hydrogen) atoms. The summed E-state index contributed by atoms with van der Waals surface area (Å²) in [5.74, 6) is 0.904. The Kier molecular flexibility index (Phi) is 21.0. The van der Waals surface area contributed by atoms with Crippen LogP contribution in [0.15, 0.2) is 24.3 Å². The van der Waals surface area contributed by atoms with E-state index in [1.54, 1.807) is 0 Å². The fraction of sp³-hybridized carbons (Fsp3) is 0.783. The van der Waals surface area contributed by atoms with Crippen LogP contribution in [0.25, 0.3) is 0 Å². The smallest absolute Gasteiger partial charge is 0.305 e. The molecule has 0 aliphatic heterocycles. The van der Waals surface area contributed by atoms with E-state index in [9.17, 15) is 4.79 Å². The number of carbonyl (C=O) groups excluding carboxylic acids is 1. The third-order valence-electron chi connectivity index (χ3n) is 4.65. The molecular formula is C23H43NO2S. The second kappa shape index (κ2) is 21.6. The Bertz CT molecular complexity index is 379. The van der Waals surface area contributed by atoms with E-state index >= 15 is 0 Å².